The van der Waals surface area contributed by atoms with E-state index in [1.807, 2.05) is 6.07 Å². The van der Waals surface area contributed by atoms with Gasteiger partial charge in [0.15, 0.2) is 5.75 Å². The lowest BCUT2D eigenvalue weighted by molar-refractivity contribution is 0.0713. The van der Waals surface area contributed by atoms with E-state index in [-0.39, 0.29) is 39.3 Å². The van der Waals surface area contributed by atoms with Crippen molar-refractivity contribution in [2.75, 3.05) is 13.2 Å². The molecule has 5 aromatic carbocycles. The van der Waals surface area contributed by atoms with Crippen molar-refractivity contribution in [2.24, 2.45) is 23.7 Å². The summed E-state index contributed by atoms with van der Waals surface area (Å²) < 4.78 is 33.9. The van der Waals surface area contributed by atoms with Gasteiger partial charge >= 0.3 is 23.9 Å². The van der Waals surface area contributed by atoms with Gasteiger partial charge in [0.05, 0.1) is 41.0 Å². The normalized spacial score (nSPS) is 11.9. The molecule has 11 nitrogen and oxygen atoms in total. The van der Waals surface area contributed by atoms with Crippen molar-refractivity contribution in [3.8, 4) is 40.6 Å². The quantitative estimate of drug-likeness (QED) is 0.0430. The monoisotopic (exact) mass is 895 g/mol. The Labute approximate surface area is 389 Å². The number of esters is 4. The standard InChI is InChI=1S/C55H61NO10/c1-37(2)9-7-11-39(5)31-33-61-46-23-27-48(28-24-46)63-52(57)41-13-15-43(16-14-41)54(59)65-50-22-21-45(36-56)51(35-50)66-55(60)44-19-17-42(18-20-44)53(58)64-49-29-25-47(26-30-49)62-34-32-40(6)12-8-10-38(3)4/h13-30,35,37-40H,7-12,31-34H2,1-6H3/t39-,40-/m1/s1. The van der Waals surface area contributed by atoms with Crippen molar-refractivity contribution in [1.29, 1.82) is 5.26 Å². The van der Waals surface area contributed by atoms with Crippen molar-refractivity contribution in [1.82, 2.24) is 0 Å². The summed E-state index contributed by atoms with van der Waals surface area (Å²) in [5, 5.41) is 9.69. The number of nitriles is 1. The van der Waals surface area contributed by atoms with E-state index in [9.17, 15) is 24.4 Å². The van der Waals surface area contributed by atoms with Gasteiger partial charge in [0.2, 0.25) is 0 Å². The van der Waals surface area contributed by atoms with Crippen LogP contribution in [0.1, 0.15) is 140 Å². The average molecular weight is 896 g/mol. The van der Waals surface area contributed by atoms with Crippen LogP contribution in [0.25, 0.3) is 0 Å². The van der Waals surface area contributed by atoms with Gasteiger partial charge in [0.1, 0.15) is 34.8 Å². The Hall–Kier alpha value is -6.93. The van der Waals surface area contributed by atoms with Crippen molar-refractivity contribution >= 4 is 23.9 Å². The molecule has 346 valence electrons. The molecule has 0 heterocycles. The van der Waals surface area contributed by atoms with Crippen LogP contribution in [0.2, 0.25) is 0 Å². The zero-order valence-electron chi connectivity index (χ0n) is 38.9. The second kappa shape index (κ2) is 25.5. The molecule has 0 aliphatic carbocycles. The molecule has 11 heteroatoms. The highest BCUT2D eigenvalue weighted by Gasteiger charge is 2.18. The van der Waals surface area contributed by atoms with E-state index in [2.05, 4.69) is 41.5 Å². The molecule has 0 amide bonds. The highest BCUT2D eigenvalue weighted by atomic mass is 16.6. The summed E-state index contributed by atoms with van der Waals surface area (Å²) >= 11 is 0. The molecule has 0 saturated carbocycles. The van der Waals surface area contributed by atoms with Gasteiger partial charge in [-0.05, 0) is 146 Å². The molecule has 5 aromatic rings. The first kappa shape index (κ1) is 50.1. The maximum absolute atomic E-state index is 13.1. The predicted octanol–water partition coefficient (Wildman–Crippen LogP) is 12.9. The third kappa shape index (κ3) is 16.6. The van der Waals surface area contributed by atoms with E-state index in [4.69, 9.17) is 28.4 Å². The maximum atomic E-state index is 13.1. The van der Waals surface area contributed by atoms with Crippen LogP contribution in [0, 0.1) is 35.0 Å². The second-order valence-electron chi connectivity index (χ2n) is 17.6. The molecule has 0 bridgehead atoms. The zero-order valence-corrected chi connectivity index (χ0v) is 38.9. The van der Waals surface area contributed by atoms with Gasteiger partial charge in [-0.2, -0.15) is 5.26 Å². The minimum absolute atomic E-state index is 0.00803. The van der Waals surface area contributed by atoms with Crippen LogP contribution in [0.4, 0.5) is 0 Å². The number of hydrogen-bond acceptors (Lipinski definition) is 11. The van der Waals surface area contributed by atoms with E-state index in [0.717, 1.165) is 24.7 Å². The summed E-state index contributed by atoms with van der Waals surface area (Å²) in [5.74, 6) is 1.75. The molecule has 5 rings (SSSR count). The molecule has 2 atom stereocenters. The summed E-state index contributed by atoms with van der Waals surface area (Å²) in [4.78, 5) is 51.9. The van der Waals surface area contributed by atoms with Crippen molar-refractivity contribution in [2.45, 2.75) is 92.9 Å². The minimum atomic E-state index is -0.810. The summed E-state index contributed by atoms with van der Waals surface area (Å²) in [6.45, 7) is 14.7. The molecule has 0 radical (unpaired) electrons. The zero-order chi connectivity index (χ0) is 47.4. The van der Waals surface area contributed by atoms with Crippen LogP contribution >= 0.6 is 0 Å². The Morgan fingerprint density at radius 3 is 1.12 bits per heavy atom. The first-order valence-electron chi connectivity index (χ1n) is 22.8. The molecule has 0 aliphatic heterocycles. The van der Waals surface area contributed by atoms with Gasteiger partial charge in [-0.15, -0.1) is 0 Å². The summed E-state index contributed by atoms with van der Waals surface area (Å²) in [6.07, 6.45) is 9.22. The molecule has 0 aliphatic rings. The van der Waals surface area contributed by atoms with Crippen LogP contribution < -0.4 is 28.4 Å². The number of benzene rings is 5. The second-order valence-corrected chi connectivity index (χ2v) is 17.6. The molecule has 0 unspecified atom stereocenters. The topological polar surface area (TPSA) is 147 Å². The molecule has 0 N–H and O–H groups in total. The average Bonchev–Trinajstić information content (AvgIpc) is 3.30. The SMILES string of the molecule is CC(C)CCC[C@@H](C)CCOc1ccc(OC(=O)c2ccc(C(=O)Oc3ccc(C#N)c(OC(=O)c4ccc(C(=O)Oc5ccc(OCC[C@H](C)CCCC(C)C)cc5)cc4)c3)cc2)cc1. The van der Waals surface area contributed by atoms with Gasteiger partial charge in [0.25, 0.3) is 0 Å². The van der Waals surface area contributed by atoms with E-state index >= 15 is 0 Å². The van der Waals surface area contributed by atoms with Crippen molar-refractivity contribution in [3.05, 3.63) is 143 Å². The third-order valence-electron chi connectivity index (χ3n) is 11.0. The fourth-order valence-corrected chi connectivity index (χ4v) is 6.89. The van der Waals surface area contributed by atoms with E-state index in [1.165, 1.54) is 105 Å². The Morgan fingerprint density at radius 1 is 0.424 bits per heavy atom. The molecule has 66 heavy (non-hydrogen) atoms. The van der Waals surface area contributed by atoms with Gasteiger partial charge in [-0.3, -0.25) is 0 Å². The Bertz CT molecular complexity index is 2380. The maximum Gasteiger partial charge on any atom is 0.343 e. The molecule has 0 aromatic heterocycles. The van der Waals surface area contributed by atoms with Gasteiger partial charge < -0.3 is 28.4 Å². The van der Waals surface area contributed by atoms with Crippen LogP contribution in [-0.2, 0) is 0 Å². The van der Waals surface area contributed by atoms with Crippen LogP contribution in [0.5, 0.6) is 34.5 Å². The van der Waals surface area contributed by atoms with E-state index in [0.29, 0.717) is 48.0 Å². The first-order chi connectivity index (χ1) is 31.8. The fourth-order valence-electron chi connectivity index (χ4n) is 6.89. The predicted molar refractivity (Wildman–Crippen MR) is 253 cm³/mol. The van der Waals surface area contributed by atoms with E-state index < -0.39 is 23.9 Å². The van der Waals surface area contributed by atoms with Crippen molar-refractivity contribution < 1.29 is 47.6 Å². The summed E-state index contributed by atoms with van der Waals surface area (Å²) in [7, 11) is 0. The molecule has 0 saturated heterocycles. The highest BCUT2D eigenvalue weighted by Crippen LogP contribution is 2.27. The molecule has 0 fully saturated rings. The van der Waals surface area contributed by atoms with Gasteiger partial charge in [-0.1, -0.05) is 80.1 Å². The number of rotatable bonds is 24. The lowest BCUT2D eigenvalue weighted by atomic mass is 9.98. The smallest absolute Gasteiger partial charge is 0.343 e. The number of ether oxygens (including phenoxy) is 6. The first-order valence-corrected chi connectivity index (χ1v) is 22.8. The number of nitrogens with zero attached hydrogens (tertiary/aromatic N) is 1. The molecular weight excluding hydrogens is 835 g/mol. The van der Waals surface area contributed by atoms with Gasteiger partial charge in [0, 0.05) is 6.07 Å². The number of carbonyl (C=O) groups excluding carboxylic acids is 4. The Kier molecular flexibility index (Phi) is 19.4. The van der Waals surface area contributed by atoms with E-state index in [1.54, 1.807) is 48.5 Å². The van der Waals surface area contributed by atoms with Crippen LogP contribution in [0.15, 0.2) is 115 Å². The van der Waals surface area contributed by atoms with Crippen LogP contribution in [0.3, 0.4) is 0 Å². The Balaban J connectivity index is 1.07. The summed E-state index contributed by atoms with van der Waals surface area (Å²) in [5.41, 5.74) is 0.678. The molecular formula is C55H61NO10. The lowest BCUT2D eigenvalue weighted by Gasteiger charge is -2.13. The van der Waals surface area contributed by atoms with Crippen LogP contribution in [-0.4, -0.2) is 37.1 Å². The third-order valence-corrected chi connectivity index (χ3v) is 11.0. The van der Waals surface area contributed by atoms with Gasteiger partial charge in [-0.25, -0.2) is 19.2 Å². The minimum Gasteiger partial charge on any atom is -0.494 e. The lowest BCUT2D eigenvalue weighted by Crippen LogP contribution is -2.13. The summed E-state index contributed by atoms with van der Waals surface area (Å²) in [6, 6.07) is 31.0. The number of carbonyl (C=O) groups is 4. The highest BCUT2D eigenvalue weighted by molar-refractivity contribution is 5.96. The number of hydrogen-bond donors (Lipinski definition) is 0. The fraction of sp³-hybridized carbons (Fsp3) is 0.364. The largest absolute Gasteiger partial charge is 0.494 e. The molecule has 0 spiro atoms. The Morgan fingerprint density at radius 2 is 0.758 bits per heavy atom. The van der Waals surface area contributed by atoms with Crippen molar-refractivity contribution in [3.63, 3.8) is 0 Å².